The zero-order valence-corrected chi connectivity index (χ0v) is 25.0. The number of piperazine rings is 1. The number of ether oxygens (including phenoxy) is 1. The van der Waals surface area contributed by atoms with Crippen molar-refractivity contribution in [3.8, 4) is 28.3 Å². The lowest BCUT2D eigenvalue weighted by molar-refractivity contribution is -0.129. The maximum atomic E-state index is 16.6. The van der Waals surface area contributed by atoms with Crippen LogP contribution in [0, 0.1) is 18.6 Å². The van der Waals surface area contributed by atoms with Gasteiger partial charge in [-0.1, -0.05) is 26.5 Å². The van der Waals surface area contributed by atoms with Crippen molar-refractivity contribution < 1.29 is 23.4 Å². The number of hydrogen-bond donors (Lipinski definition) is 1. The molecule has 11 heteroatoms. The molecule has 2 aliphatic heterocycles. The first-order chi connectivity index (χ1) is 21.0. The summed E-state index contributed by atoms with van der Waals surface area (Å²) in [4.78, 5) is 39.6. The van der Waals surface area contributed by atoms with Crippen molar-refractivity contribution in [3.05, 3.63) is 82.6 Å². The summed E-state index contributed by atoms with van der Waals surface area (Å²) in [6.07, 6.45) is 3.33. The quantitative estimate of drug-likeness (QED) is 0.320. The molecule has 2 aliphatic rings. The molecule has 1 saturated heterocycles. The molecule has 2 atom stereocenters. The molecule has 1 fully saturated rings. The van der Waals surface area contributed by atoms with Gasteiger partial charge in [0, 0.05) is 37.3 Å². The number of benzene rings is 2. The number of anilines is 1. The van der Waals surface area contributed by atoms with E-state index in [9.17, 15) is 14.7 Å². The molecule has 9 nitrogen and oxygen atoms in total. The molecule has 6 rings (SSSR count). The molecule has 0 bridgehead atoms. The zero-order chi connectivity index (χ0) is 31.4. The van der Waals surface area contributed by atoms with Crippen molar-refractivity contribution in [2.45, 2.75) is 52.1 Å². The maximum absolute atomic E-state index is 16.6. The lowest BCUT2D eigenvalue weighted by Gasteiger charge is -2.46. The Morgan fingerprint density at radius 1 is 1.23 bits per heavy atom. The summed E-state index contributed by atoms with van der Waals surface area (Å²) in [6.45, 7) is 12.0. The summed E-state index contributed by atoms with van der Waals surface area (Å²) in [5.74, 6) is -2.44. The molecule has 0 radical (unpaired) electrons. The summed E-state index contributed by atoms with van der Waals surface area (Å²) in [5.41, 5.74) is 0.836. The molecular weight excluding hydrogens is 568 g/mol. The predicted octanol–water partition coefficient (Wildman–Crippen LogP) is 5.24. The SMILES string of the molecule is C=CC(=O)N1CC2CCOc3c(F)c(-c4c(O)cccc4F)cc4c3c(nc(=O)n4-c3c(C)ccnc3C(C)C)N2CC1C. The van der Waals surface area contributed by atoms with Gasteiger partial charge in [0.15, 0.2) is 11.6 Å². The lowest BCUT2D eigenvalue weighted by atomic mass is 9.97. The van der Waals surface area contributed by atoms with Gasteiger partial charge in [0.1, 0.15) is 17.4 Å². The van der Waals surface area contributed by atoms with E-state index in [2.05, 4.69) is 16.5 Å². The number of pyridine rings is 1. The largest absolute Gasteiger partial charge is 0.507 e. The van der Waals surface area contributed by atoms with Crippen molar-refractivity contribution in [3.63, 3.8) is 0 Å². The van der Waals surface area contributed by atoms with Gasteiger partial charge >= 0.3 is 5.69 Å². The molecule has 4 heterocycles. The van der Waals surface area contributed by atoms with Gasteiger partial charge in [-0.05, 0) is 55.7 Å². The summed E-state index contributed by atoms with van der Waals surface area (Å²) >= 11 is 0. The molecule has 2 aromatic heterocycles. The fourth-order valence-electron chi connectivity index (χ4n) is 6.38. The second-order valence-electron chi connectivity index (χ2n) is 11.7. The fourth-order valence-corrected chi connectivity index (χ4v) is 6.38. The van der Waals surface area contributed by atoms with Crippen molar-refractivity contribution in [2.75, 3.05) is 24.6 Å². The van der Waals surface area contributed by atoms with Gasteiger partial charge in [0.2, 0.25) is 5.91 Å². The third-order valence-electron chi connectivity index (χ3n) is 8.51. The molecule has 228 valence electrons. The number of fused-ring (bicyclic) bond motifs is 2. The Kier molecular flexibility index (Phi) is 7.35. The van der Waals surface area contributed by atoms with Crippen LogP contribution in [0.25, 0.3) is 27.7 Å². The van der Waals surface area contributed by atoms with Crippen molar-refractivity contribution in [1.29, 1.82) is 0 Å². The zero-order valence-electron chi connectivity index (χ0n) is 25.0. The van der Waals surface area contributed by atoms with E-state index < -0.39 is 23.1 Å². The fraction of sp³-hybridized carbons (Fsp3) is 0.333. The Morgan fingerprint density at radius 3 is 2.70 bits per heavy atom. The Balaban J connectivity index is 1.73. The molecule has 44 heavy (non-hydrogen) atoms. The monoisotopic (exact) mass is 601 g/mol. The van der Waals surface area contributed by atoms with E-state index in [-0.39, 0.29) is 64.1 Å². The molecule has 0 spiro atoms. The van der Waals surface area contributed by atoms with E-state index in [1.54, 1.807) is 17.2 Å². The van der Waals surface area contributed by atoms with Crippen LogP contribution in [-0.4, -0.2) is 62.2 Å². The number of aryl methyl sites for hydroxylation is 1. The van der Waals surface area contributed by atoms with E-state index >= 15 is 8.78 Å². The lowest BCUT2D eigenvalue weighted by Crippen LogP contribution is -2.60. The first-order valence-corrected chi connectivity index (χ1v) is 14.6. The Bertz CT molecular complexity index is 1870. The molecule has 0 aliphatic carbocycles. The number of nitrogens with zero attached hydrogens (tertiary/aromatic N) is 5. The van der Waals surface area contributed by atoms with Crippen LogP contribution in [0.1, 0.15) is 44.4 Å². The van der Waals surface area contributed by atoms with Gasteiger partial charge in [0.25, 0.3) is 0 Å². The highest BCUT2D eigenvalue weighted by atomic mass is 19.1. The summed E-state index contributed by atoms with van der Waals surface area (Å²) in [6, 6.07) is 6.34. The predicted molar refractivity (Wildman–Crippen MR) is 164 cm³/mol. The number of carbonyl (C=O) groups excluding carboxylic acids is 1. The highest BCUT2D eigenvalue weighted by molar-refractivity contribution is 6.00. The third kappa shape index (κ3) is 4.58. The molecule has 0 saturated carbocycles. The molecule has 1 amide bonds. The number of phenols is 1. The minimum atomic E-state index is -0.884. The first kappa shape index (κ1) is 29.3. The highest BCUT2D eigenvalue weighted by Crippen LogP contribution is 2.45. The second-order valence-corrected chi connectivity index (χ2v) is 11.7. The second kappa shape index (κ2) is 11.0. The van der Waals surface area contributed by atoms with Gasteiger partial charge < -0.3 is 19.6 Å². The van der Waals surface area contributed by atoms with Gasteiger partial charge in [-0.25, -0.2) is 13.6 Å². The summed E-state index contributed by atoms with van der Waals surface area (Å²) in [5, 5.41) is 10.9. The van der Waals surface area contributed by atoms with Crippen molar-refractivity contribution >= 4 is 22.6 Å². The number of carbonyl (C=O) groups is 1. The Hall–Kier alpha value is -4.80. The van der Waals surface area contributed by atoms with Crippen LogP contribution in [-0.2, 0) is 4.79 Å². The van der Waals surface area contributed by atoms with Crippen molar-refractivity contribution in [2.24, 2.45) is 0 Å². The molecular formula is C33H33F2N5O4. The van der Waals surface area contributed by atoms with Crippen LogP contribution in [0.4, 0.5) is 14.6 Å². The third-order valence-corrected chi connectivity index (χ3v) is 8.51. The van der Waals surface area contributed by atoms with E-state index in [1.807, 2.05) is 32.6 Å². The van der Waals surface area contributed by atoms with E-state index in [1.165, 1.54) is 28.8 Å². The molecule has 1 N–H and O–H groups in total. The number of rotatable bonds is 4. The van der Waals surface area contributed by atoms with Gasteiger partial charge in [-0.2, -0.15) is 4.98 Å². The minimum absolute atomic E-state index is 0.0755. The standard InChI is InChI=1S/C33H33F2N5O4/c1-6-25(42)38-16-20-11-13-44-31-27-23(14-21(28(31)35)26-22(34)8-7-9-24(26)41)40(30-18(4)10-12-36-29(30)17(2)3)33(43)37-32(27)39(20)15-19(38)5/h6-10,12,14,17,19-20,41H,1,11,13,15-16H2,2-5H3. The topological polar surface area (TPSA) is 101 Å². The van der Waals surface area contributed by atoms with Crippen LogP contribution in [0.5, 0.6) is 11.5 Å². The van der Waals surface area contributed by atoms with Crippen LogP contribution in [0.3, 0.4) is 0 Å². The average Bonchev–Trinajstić information content (AvgIpc) is 2.97. The van der Waals surface area contributed by atoms with E-state index in [0.717, 1.165) is 11.6 Å². The molecule has 4 aromatic rings. The number of amides is 1. The number of phenolic OH excluding ortho intramolecular Hbond substituents is 1. The average molecular weight is 602 g/mol. The van der Waals surface area contributed by atoms with Gasteiger partial charge in [-0.3, -0.25) is 14.3 Å². The smallest absolute Gasteiger partial charge is 0.354 e. The van der Waals surface area contributed by atoms with Gasteiger partial charge in [-0.15, -0.1) is 0 Å². The minimum Gasteiger partial charge on any atom is -0.507 e. The normalized spacial score (nSPS) is 18.1. The maximum Gasteiger partial charge on any atom is 0.354 e. The molecule has 2 aromatic carbocycles. The van der Waals surface area contributed by atoms with Crippen LogP contribution >= 0.6 is 0 Å². The Labute approximate surface area is 253 Å². The first-order valence-electron chi connectivity index (χ1n) is 14.6. The molecule has 2 unspecified atom stereocenters. The van der Waals surface area contributed by atoms with E-state index in [0.29, 0.717) is 30.9 Å². The summed E-state index contributed by atoms with van der Waals surface area (Å²) < 4.78 is 39.3. The number of hydrogen-bond acceptors (Lipinski definition) is 7. The van der Waals surface area contributed by atoms with Gasteiger partial charge in [0.05, 0.1) is 40.5 Å². The van der Waals surface area contributed by atoms with Crippen molar-refractivity contribution in [1.82, 2.24) is 19.4 Å². The number of halogens is 2. The Morgan fingerprint density at radius 2 is 2.00 bits per heavy atom. The number of aromatic nitrogens is 3. The van der Waals surface area contributed by atoms with Crippen LogP contribution in [0.2, 0.25) is 0 Å². The highest BCUT2D eigenvalue weighted by Gasteiger charge is 2.38. The summed E-state index contributed by atoms with van der Waals surface area (Å²) in [7, 11) is 0. The number of aromatic hydroxyl groups is 1. The van der Waals surface area contributed by atoms with Crippen LogP contribution < -0.4 is 15.3 Å². The van der Waals surface area contributed by atoms with Crippen LogP contribution in [0.15, 0.2) is 54.0 Å². The van der Waals surface area contributed by atoms with E-state index in [4.69, 9.17) is 4.74 Å².